The lowest BCUT2D eigenvalue weighted by molar-refractivity contribution is 0.103. The number of thiophene rings is 6. The molecule has 0 fully saturated rings. The number of methoxy groups -OCH3 is 2. The van der Waals surface area contributed by atoms with Crippen molar-refractivity contribution >= 4 is 147 Å². The number of Topliss-reactive ketones (excluding diaryl/α,β-unsaturated/α-hetero) is 2. The molecule has 0 saturated carbocycles. The third-order valence-corrected chi connectivity index (χ3v) is 38.7. The smallest absolute Gasteiger partial charge is 0.270 e. The van der Waals surface area contributed by atoms with Crippen LogP contribution in [0.3, 0.4) is 0 Å². The van der Waals surface area contributed by atoms with Gasteiger partial charge in [-0.1, -0.05) is 280 Å². The van der Waals surface area contributed by atoms with Crippen LogP contribution in [0.5, 0.6) is 11.5 Å². The van der Waals surface area contributed by atoms with Crippen molar-refractivity contribution in [3.63, 3.8) is 0 Å². The molecule has 17 rings (SSSR count). The number of allylic oxidation sites excluding steroid dienone is 6. The number of nitriles is 2. The second-order valence-electron chi connectivity index (χ2n) is 37.3. The normalized spacial score (nSPS) is 15.5. The van der Waals surface area contributed by atoms with Crippen molar-refractivity contribution in [1.82, 2.24) is 0 Å². The fourth-order valence-corrected chi connectivity index (χ4v) is 31.9. The van der Waals surface area contributed by atoms with E-state index in [2.05, 4.69) is 211 Å². The maximum Gasteiger partial charge on any atom is 0.270 e. The standard InChI is InChI=1S/C120H122N4O4S8/c1-13-21-27-31-37-77-41-49-81(50-42-77)119(82-51-43-78(44-52-82)38-32-28-22-14-2)95-69-87(67-93-103(97(71-121)123-9)89-59-57-85(127-11)65-91(89)111(93)125)131-113(95)117-109(119)107-105(99-61-63-101(133-99)129-73-75(19-7)35-25-17-5)116-108(106(115(107)135-117)100-62-64-102(134-100)130-74-76(20-8)36-26-18-6)110-118(136-116)114-96(70-88(132-114)68-94-104(98(72-122)124-10)90-60-58-86(128-12)66-92(90)112(94)126)120(110,83-53-45-79(46-54-83)39-33-29-23-15-3)84-55-47-80(48-56-84)40-34-30-24-16-4/h41-70,75-76H,13-40,73-74H2,1-8,11-12H3/b93-67-,94-68-,103-97-,104-98+. The topological polar surface area (TPSA) is 109 Å². The first-order chi connectivity index (χ1) is 66.6. The molecule has 694 valence electrons. The van der Waals surface area contributed by atoms with Crippen LogP contribution in [0.4, 0.5) is 0 Å². The van der Waals surface area contributed by atoms with Gasteiger partial charge in [0.1, 0.15) is 11.5 Å². The molecule has 0 aliphatic heterocycles. The van der Waals surface area contributed by atoms with Crippen LogP contribution >= 0.6 is 91.5 Å². The van der Waals surface area contributed by atoms with Crippen molar-refractivity contribution in [1.29, 1.82) is 10.5 Å². The molecule has 4 aliphatic rings. The van der Waals surface area contributed by atoms with Crippen LogP contribution in [-0.4, -0.2) is 37.3 Å². The summed E-state index contributed by atoms with van der Waals surface area (Å²) in [5.74, 6) is 3.72. The minimum atomic E-state index is -0.995. The number of unbranched alkanes of at least 4 members (excludes halogenated alkanes) is 14. The molecule has 0 saturated heterocycles. The van der Waals surface area contributed by atoms with Gasteiger partial charge in [-0.05, 0) is 227 Å². The molecular formula is C120H122N4O4S8. The molecule has 6 aromatic heterocycles. The first-order valence-corrected chi connectivity index (χ1v) is 56.7. The third kappa shape index (κ3) is 18.7. The van der Waals surface area contributed by atoms with Gasteiger partial charge in [0.05, 0.1) is 78.3 Å². The number of hydrogen-bond donors (Lipinski definition) is 0. The van der Waals surface area contributed by atoms with Gasteiger partial charge in [-0.15, -0.1) is 91.5 Å². The number of fused-ring (bicyclic) bond motifs is 12. The Morgan fingerprint density at radius 3 is 1.04 bits per heavy atom. The zero-order chi connectivity index (χ0) is 94.7. The predicted molar refractivity (Wildman–Crippen MR) is 583 cm³/mol. The van der Waals surface area contributed by atoms with Gasteiger partial charge < -0.3 is 9.47 Å². The summed E-state index contributed by atoms with van der Waals surface area (Å²) >= 11 is 15.2. The highest BCUT2D eigenvalue weighted by Gasteiger charge is 2.55. The Morgan fingerprint density at radius 1 is 0.397 bits per heavy atom. The monoisotopic (exact) mass is 1940 g/mol. The Bertz CT molecular complexity index is 6360. The molecule has 6 heterocycles. The summed E-state index contributed by atoms with van der Waals surface area (Å²) in [6.45, 7) is 35.6. The molecule has 4 aliphatic carbocycles. The Labute approximate surface area is 838 Å². The number of carbonyl (C=O) groups is 2. The van der Waals surface area contributed by atoms with Crippen LogP contribution in [-0.2, 0) is 36.5 Å². The van der Waals surface area contributed by atoms with Crippen molar-refractivity contribution in [2.45, 2.75) is 254 Å². The van der Waals surface area contributed by atoms with E-state index in [9.17, 15) is 10.5 Å². The van der Waals surface area contributed by atoms with Gasteiger partial charge in [-0.25, -0.2) is 20.2 Å². The first kappa shape index (κ1) is 97.5. The van der Waals surface area contributed by atoms with Gasteiger partial charge in [-0.3, -0.25) is 9.59 Å². The van der Waals surface area contributed by atoms with Gasteiger partial charge in [0.25, 0.3) is 11.4 Å². The lowest BCUT2D eigenvalue weighted by Crippen LogP contribution is -2.29. The molecule has 0 bridgehead atoms. The molecule has 0 radical (unpaired) electrons. The average Bonchev–Trinajstić information content (AvgIpc) is 1.48. The lowest BCUT2D eigenvalue weighted by Gasteiger charge is -2.35. The molecule has 8 nitrogen and oxygen atoms in total. The average molecular weight is 1940 g/mol. The fourth-order valence-electron chi connectivity index (χ4n) is 21.3. The highest BCUT2D eigenvalue weighted by Crippen LogP contribution is 2.71. The Balaban J connectivity index is 1.05. The number of nitrogens with zero attached hydrogens (tertiary/aromatic N) is 4. The van der Waals surface area contributed by atoms with Gasteiger partial charge >= 0.3 is 0 Å². The van der Waals surface area contributed by atoms with Crippen LogP contribution < -0.4 is 9.47 Å². The highest BCUT2D eigenvalue weighted by molar-refractivity contribution is 8.01. The molecule has 0 amide bonds. The molecule has 13 aromatic rings. The van der Waals surface area contributed by atoms with E-state index < -0.39 is 10.8 Å². The molecule has 2 atom stereocenters. The maximum atomic E-state index is 15.6. The highest BCUT2D eigenvalue weighted by atomic mass is 32.2. The van der Waals surface area contributed by atoms with E-state index in [4.69, 9.17) is 22.6 Å². The number of benzene rings is 7. The summed E-state index contributed by atoms with van der Waals surface area (Å²) in [5.41, 5.74) is 18.0. The van der Waals surface area contributed by atoms with E-state index in [0.717, 1.165) is 193 Å². The SMILES string of the molecule is [C-]#[N+]/C(C#N)=C1\C(=C\c2cc3c(s2)-c2sc4c(-c5ccc(SCC(CC)CCCC)s5)c5c6c(sc5c(-c5ccc(SCC(CC)CCCC)s5)c4c2C3(c2ccc(CCCCCC)cc2)c2ccc(CCCCCC)cc2)-c2sc(/C=C3\C(=O)c4cc(OC)ccc4\C3=C(\C#N)[N+]#[C-])cc2C6(c2ccc(CCCCCC)cc2)c2ccc(CCCCCC)cc2)C(=O)c2cc(OC)ccc21. The second kappa shape index (κ2) is 44.3. The van der Waals surface area contributed by atoms with Crippen molar-refractivity contribution < 1.29 is 19.1 Å². The summed E-state index contributed by atoms with van der Waals surface area (Å²) in [6, 6.07) is 68.8. The summed E-state index contributed by atoms with van der Waals surface area (Å²) in [5, 5.41) is 24.4. The van der Waals surface area contributed by atoms with E-state index in [1.165, 1.54) is 144 Å². The molecule has 136 heavy (non-hydrogen) atoms. The Morgan fingerprint density at radius 2 is 0.735 bits per heavy atom. The molecule has 0 spiro atoms. The number of carbonyl (C=O) groups excluding carboxylic acids is 2. The van der Waals surface area contributed by atoms with Gasteiger partial charge in [0, 0.05) is 95.7 Å². The van der Waals surface area contributed by atoms with E-state index in [0.29, 0.717) is 67.9 Å². The minimum absolute atomic E-state index is 0.132. The summed E-state index contributed by atoms with van der Waals surface area (Å²) in [7, 11) is 3.19. The molecule has 0 N–H and O–H groups in total. The number of thioether (sulfide) groups is 2. The van der Waals surface area contributed by atoms with E-state index in [1.54, 1.807) is 49.0 Å². The van der Waals surface area contributed by atoms with Crippen LogP contribution in [0.25, 0.3) is 93.6 Å². The molecule has 7 aromatic carbocycles. The number of ether oxygens (including phenoxy) is 2. The van der Waals surface area contributed by atoms with Gasteiger partial charge in [0.2, 0.25) is 0 Å². The van der Waals surface area contributed by atoms with Gasteiger partial charge in [-0.2, -0.15) is 0 Å². The third-order valence-electron chi connectivity index (χ3n) is 28.7. The van der Waals surface area contributed by atoms with E-state index in [1.807, 2.05) is 105 Å². The van der Waals surface area contributed by atoms with Crippen LogP contribution in [0.1, 0.15) is 318 Å². The predicted octanol–water partition coefficient (Wildman–Crippen LogP) is 36.4. The van der Waals surface area contributed by atoms with Gasteiger partial charge in [0.15, 0.2) is 11.6 Å². The quantitative estimate of drug-likeness (QED) is 0.0122. The van der Waals surface area contributed by atoms with Crippen molar-refractivity contribution in [2.24, 2.45) is 11.8 Å². The van der Waals surface area contributed by atoms with Crippen LogP contribution in [0.2, 0.25) is 0 Å². The number of rotatable bonds is 44. The number of aryl methyl sites for hydroxylation is 4. The van der Waals surface area contributed by atoms with Crippen molar-refractivity contribution in [2.75, 3.05) is 25.7 Å². The second-order valence-corrected chi connectivity index (χ2v) is 46.3. The first-order valence-electron chi connectivity index (χ1n) is 49.8. The number of hydrogen-bond acceptors (Lipinski definition) is 14. The zero-order valence-electron chi connectivity index (χ0n) is 80.4. The summed E-state index contributed by atoms with van der Waals surface area (Å²) < 4.78 is 16.6. The molecular weight excluding hydrogens is 1820 g/mol. The summed E-state index contributed by atoms with van der Waals surface area (Å²) in [6.07, 6.45) is 35.6. The van der Waals surface area contributed by atoms with Crippen molar-refractivity contribution in [3.05, 3.63) is 314 Å². The molecule has 16 heteroatoms. The zero-order valence-corrected chi connectivity index (χ0v) is 86.9. The fraction of sp³-hybridized carbons (Fsp3) is 0.367. The molecule has 2 unspecified atom stereocenters. The largest absolute Gasteiger partial charge is 0.497 e. The van der Waals surface area contributed by atoms with E-state index in [-0.39, 0.29) is 23.0 Å². The summed E-state index contributed by atoms with van der Waals surface area (Å²) in [4.78, 5) is 47.6. The minimum Gasteiger partial charge on any atom is -0.497 e. The Hall–Kier alpha value is -10.2. The van der Waals surface area contributed by atoms with Crippen molar-refractivity contribution in [3.8, 4) is 64.0 Å². The lowest BCUT2D eigenvalue weighted by atomic mass is 9.66. The van der Waals surface area contributed by atoms with Crippen LogP contribution in [0.15, 0.2) is 201 Å². The number of ketones is 2. The van der Waals surface area contributed by atoms with Crippen LogP contribution in [0, 0.1) is 47.6 Å². The maximum absolute atomic E-state index is 15.6. The van der Waals surface area contributed by atoms with E-state index >= 15 is 9.59 Å². The Kier molecular flexibility index (Phi) is 31.8.